The van der Waals surface area contributed by atoms with Gasteiger partial charge in [-0.2, -0.15) is 0 Å². The van der Waals surface area contributed by atoms with Crippen LogP contribution in [0.2, 0.25) is 0 Å². The Morgan fingerprint density at radius 1 is 1.42 bits per heavy atom. The molecule has 4 heteroatoms. The average Bonchev–Trinajstić information content (AvgIpc) is 2.97. The van der Waals surface area contributed by atoms with E-state index in [0.717, 1.165) is 31.3 Å². The van der Waals surface area contributed by atoms with Gasteiger partial charge in [-0.15, -0.1) is 0 Å². The van der Waals surface area contributed by atoms with Gasteiger partial charge in [0.05, 0.1) is 5.69 Å². The Morgan fingerprint density at radius 3 is 3.00 bits per heavy atom. The molecule has 0 spiro atoms. The van der Waals surface area contributed by atoms with Gasteiger partial charge in [-0.05, 0) is 39.3 Å². The van der Waals surface area contributed by atoms with Crippen LogP contribution in [0.25, 0.3) is 0 Å². The van der Waals surface area contributed by atoms with Crippen LogP contribution in [0.1, 0.15) is 45.2 Å². The van der Waals surface area contributed by atoms with Gasteiger partial charge in [0.1, 0.15) is 0 Å². The number of rotatable bonds is 7. The van der Waals surface area contributed by atoms with Crippen molar-refractivity contribution in [1.29, 1.82) is 0 Å². The number of likely N-dealkylation sites (tertiary alicyclic amines) is 1. The number of aryl methyl sites for hydroxylation is 1. The molecule has 4 nitrogen and oxygen atoms in total. The Hall–Kier alpha value is -1.03. The van der Waals surface area contributed by atoms with Gasteiger partial charge in [-0.3, -0.25) is 4.90 Å². The minimum absolute atomic E-state index is 0.685. The SMILES string of the molecule is CCCCNc1nc(C)cn1CC1CCCN1CC. The number of nitrogens with one attached hydrogen (secondary N) is 1. The highest BCUT2D eigenvalue weighted by Crippen LogP contribution is 2.20. The van der Waals surface area contributed by atoms with Gasteiger partial charge in [0.15, 0.2) is 0 Å². The van der Waals surface area contributed by atoms with E-state index in [0.29, 0.717) is 6.04 Å². The summed E-state index contributed by atoms with van der Waals surface area (Å²) in [7, 11) is 0. The van der Waals surface area contributed by atoms with Crippen LogP contribution in [-0.4, -0.2) is 40.1 Å². The van der Waals surface area contributed by atoms with Crippen molar-refractivity contribution in [2.45, 2.75) is 59.0 Å². The van der Waals surface area contributed by atoms with Gasteiger partial charge in [-0.1, -0.05) is 20.3 Å². The normalized spacial score (nSPS) is 20.1. The molecule has 0 amide bonds. The number of likely N-dealkylation sites (N-methyl/N-ethyl adjacent to an activating group) is 1. The van der Waals surface area contributed by atoms with Crippen molar-refractivity contribution >= 4 is 5.95 Å². The van der Waals surface area contributed by atoms with Crippen molar-refractivity contribution < 1.29 is 0 Å². The summed E-state index contributed by atoms with van der Waals surface area (Å²) < 4.78 is 2.31. The largest absolute Gasteiger partial charge is 0.356 e. The first-order chi connectivity index (χ1) is 9.24. The summed E-state index contributed by atoms with van der Waals surface area (Å²) in [6.07, 6.45) is 7.26. The van der Waals surface area contributed by atoms with Crippen LogP contribution < -0.4 is 5.32 Å². The first kappa shape index (κ1) is 14.4. The molecular formula is C15H28N4. The predicted molar refractivity (Wildman–Crippen MR) is 80.6 cm³/mol. The number of imidazole rings is 1. The Balaban J connectivity index is 1.98. The topological polar surface area (TPSA) is 33.1 Å². The summed E-state index contributed by atoms with van der Waals surface area (Å²) >= 11 is 0. The zero-order valence-electron chi connectivity index (χ0n) is 12.7. The zero-order valence-corrected chi connectivity index (χ0v) is 12.7. The van der Waals surface area contributed by atoms with Crippen LogP contribution in [0.5, 0.6) is 0 Å². The molecule has 19 heavy (non-hydrogen) atoms. The summed E-state index contributed by atoms with van der Waals surface area (Å²) in [6.45, 7) is 11.1. The van der Waals surface area contributed by atoms with E-state index in [1.54, 1.807) is 0 Å². The van der Waals surface area contributed by atoms with E-state index in [2.05, 4.69) is 46.7 Å². The number of hydrogen-bond acceptors (Lipinski definition) is 3. The fourth-order valence-corrected chi connectivity index (χ4v) is 2.95. The number of hydrogen-bond donors (Lipinski definition) is 1. The molecule has 1 aromatic rings. The molecule has 1 saturated heterocycles. The number of nitrogens with zero attached hydrogens (tertiary/aromatic N) is 3. The Kier molecular flexibility index (Phi) is 5.25. The fourth-order valence-electron chi connectivity index (χ4n) is 2.95. The third-order valence-electron chi connectivity index (χ3n) is 4.02. The van der Waals surface area contributed by atoms with Crippen LogP contribution in [0.4, 0.5) is 5.95 Å². The molecule has 0 aromatic carbocycles. The molecule has 2 heterocycles. The smallest absolute Gasteiger partial charge is 0.203 e. The van der Waals surface area contributed by atoms with Crippen LogP contribution in [-0.2, 0) is 6.54 Å². The maximum atomic E-state index is 4.61. The monoisotopic (exact) mass is 264 g/mol. The van der Waals surface area contributed by atoms with Gasteiger partial charge in [0.25, 0.3) is 0 Å². The van der Waals surface area contributed by atoms with Crippen LogP contribution in [0.15, 0.2) is 6.20 Å². The Bertz CT molecular complexity index is 385. The fraction of sp³-hybridized carbons (Fsp3) is 0.800. The van der Waals surface area contributed by atoms with Crippen molar-refractivity contribution in [3.05, 3.63) is 11.9 Å². The lowest BCUT2D eigenvalue weighted by Crippen LogP contribution is -2.32. The van der Waals surface area contributed by atoms with E-state index in [4.69, 9.17) is 0 Å². The van der Waals surface area contributed by atoms with E-state index in [9.17, 15) is 0 Å². The van der Waals surface area contributed by atoms with Crippen molar-refractivity contribution in [3.63, 3.8) is 0 Å². The Morgan fingerprint density at radius 2 is 2.26 bits per heavy atom. The second-order valence-corrected chi connectivity index (χ2v) is 5.56. The molecule has 1 aliphatic rings. The highest BCUT2D eigenvalue weighted by atomic mass is 15.2. The van der Waals surface area contributed by atoms with E-state index >= 15 is 0 Å². The van der Waals surface area contributed by atoms with Crippen LogP contribution in [0, 0.1) is 6.92 Å². The van der Waals surface area contributed by atoms with E-state index in [1.165, 1.54) is 32.2 Å². The molecule has 1 unspecified atom stereocenters. The minimum atomic E-state index is 0.685. The third kappa shape index (κ3) is 3.72. The van der Waals surface area contributed by atoms with Crippen molar-refractivity contribution in [2.24, 2.45) is 0 Å². The summed E-state index contributed by atoms with van der Waals surface area (Å²) in [5.74, 6) is 1.05. The Labute approximate surface area is 117 Å². The van der Waals surface area contributed by atoms with Gasteiger partial charge < -0.3 is 9.88 Å². The standard InChI is InChI=1S/C15H28N4/c1-4-6-9-16-15-17-13(3)11-19(15)12-14-8-7-10-18(14)5-2/h11,14H,4-10,12H2,1-3H3,(H,16,17). The molecule has 1 atom stereocenters. The molecule has 0 bridgehead atoms. The van der Waals surface area contributed by atoms with Crippen molar-refractivity contribution in [2.75, 3.05) is 25.0 Å². The summed E-state index contributed by atoms with van der Waals surface area (Å²) in [5.41, 5.74) is 1.11. The van der Waals surface area contributed by atoms with Crippen LogP contribution >= 0.6 is 0 Å². The first-order valence-corrected chi connectivity index (χ1v) is 7.76. The van der Waals surface area contributed by atoms with Crippen molar-refractivity contribution in [1.82, 2.24) is 14.5 Å². The van der Waals surface area contributed by atoms with Gasteiger partial charge in [0, 0.05) is 25.3 Å². The zero-order chi connectivity index (χ0) is 13.7. The van der Waals surface area contributed by atoms with Gasteiger partial charge in [-0.25, -0.2) is 4.98 Å². The highest BCUT2D eigenvalue weighted by Gasteiger charge is 2.24. The second-order valence-electron chi connectivity index (χ2n) is 5.56. The lowest BCUT2D eigenvalue weighted by Gasteiger charge is -2.23. The highest BCUT2D eigenvalue weighted by molar-refractivity contribution is 5.28. The summed E-state index contributed by atoms with van der Waals surface area (Å²) in [6, 6.07) is 0.685. The number of aromatic nitrogens is 2. The van der Waals surface area contributed by atoms with Gasteiger partial charge in [0.2, 0.25) is 5.95 Å². The molecule has 1 N–H and O–H groups in total. The quantitative estimate of drug-likeness (QED) is 0.769. The lowest BCUT2D eigenvalue weighted by molar-refractivity contribution is 0.245. The van der Waals surface area contributed by atoms with Crippen LogP contribution in [0.3, 0.4) is 0 Å². The molecule has 1 aliphatic heterocycles. The number of unbranched alkanes of at least 4 members (excludes halogenated alkanes) is 1. The predicted octanol–water partition coefficient (Wildman–Crippen LogP) is 2.89. The third-order valence-corrected chi connectivity index (χ3v) is 4.02. The van der Waals surface area contributed by atoms with E-state index < -0.39 is 0 Å². The van der Waals surface area contributed by atoms with Gasteiger partial charge >= 0.3 is 0 Å². The van der Waals surface area contributed by atoms with Crippen molar-refractivity contribution in [3.8, 4) is 0 Å². The molecule has 0 radical (unpaired) electrons. The molecule has 0 saturated carbocycles. The second kappa shape index (κ2) is 6.94. The van der Waals surface area contributed by atoms with E-state index in [-0.39, 0.29) is 0 Å². The molecular weight excluding hydrogens is 236 g/mol. The summed E-state index contributed by atoms with van der Waals surface area (Å²) in [4.78, 5) is 7.20. The number of anilines is 1. The molecule has 108 valence electrons. The van der Waals surface area contributed by atoms with E-state index in [1.807, 2.05) is 0 Å². The molecule has 1 fully saturated rings. The molecule has 1 aromatic heterocycles. The lowest BCUT2D eigenvalue weighted by atomic mass is 10.2. The minimum Gasteiger partial charge on any atom is -0.356 e. The average molecular weight is 264 g/mol. The first-order valence-electron chi connectivity index (χ1n) is 7.76. The summed E-state index contributed by atoms with van der Waals surface area (Å²) in [5, 5.41) is 3.48. The molecule has 2 rings (SSSR count). The molecule has 0 aliphatic carbocycles. The maximum absolute atomic E-state index is 4.61. The maximum Gasteiger partial charge on any atom is 0.203 e.